The van der Waals surface area contributed by atoms with E-state index in [0.717, 1.165) is 62.9 Å². The van der Waals surface area contributed by atoms with Crippen molar-refractivity contribution in [3.8, 4) is 11.3 Å². The molecule has 2 unspecified atom stereocenters. The SMILES string of the molecule is CC(C)(C)C1C(OCc2c(-c3c(Cl)cccc3Cl)noc2C2CC2)CC12CCN(C=O)CC2. The Hall–Kier alpha value is -1.56. The van der Waals surface area contributed by atoms with Gasteiger partial charge in [0.15, 0.2) is 0 Å². The molecule has 1 spiro atoms. The fraction of sp³-hybridized carbons (Fsp3) is 0.615. The third-order valence-corrected chi connectivity index (χ3v) is 8.55. The van der Waals surface area contributed by atoms with Crippen LogP contribution in [0.2, 0.25) is 10.0 Å². The Morgan fingerprint density at radius 2 is 1.88 bits per heavy atom. The van der Waals surface area contributed by atoms with Crippen LogP contribution in [0.4, 0.5) is 0 Å². The predicted octanol–water partition coefficient (Wildman–Crippen LogP) is 6.72. The number of benzene rings is 1. The monoisotopic (exact) mass is 490 g/mol. The lowest BCUT2D eigenvalue weighted by Crippen LogP contribution is -2.61. The molecule has 5 rings (SSSR count). The number of aromatic nitrogens is 1. The number of halogens is 2. The molecule has 0 N–H and O–H groups in total. The van der Waals surface area contributed by atoms with Crippen LogP contribution in [0.25, 0.3) is 11.3 Å². The van der Waals surface area contributed by atoms with E-state index >= 15 is 0 Å². The van der Waals surface area contributed by atoms with E-state index in [1.165, 1.54) is 0 Å². The van der Waals surface area contributed by atoms with E-state index < -0.39 is 0 Å². The van der Waals surface area contributed by atoms with E-state index in [1.807, 2.05) is 23.1 Å². The molecule has 1 amide bonds. The summed E-state index contributed by atoms with van der Waals surface area (Å²) in [6.07, 6.45) is 6.52. The molecule has 1 aromatic heterocycles. The van der Waals surface area contributed by atoms with Crippen LogP contribution >= 0.6 is 23.2 Å². The van der Waals surface area contributed by atoms with Crippen LogP contribution in [0.5, 0.6) is 0 Å². The number of likely N-dealkylation sites (tertiary alicyclic amines) is 1. The van der Waals surface area contributed by atoms with E-state index in [-0.39, 0.29) is 16.9 Å². The van der Waals surface area contributed by atoms with Crippen LogP contribution in [0.15, 0.2) is 22.7 Å². The molecule has 3 aliphatic rings. The summed E-state index contributed by atoms with van der Waals surface area (Å²) in [5.41, 5.74) is 2.78. The van der Waals surface area contributed by atoms with Crippen molar-refractivity contribution in [2.75, 3.05) is 13.1 Å². The summed E-state index contributed by atoms with van der Waals surface area (Å²) in [5.74, 6) is 1.77. The maximum atomic E-state index is 11.2. The number of nitrogens with zero attached hydrogens (tertiary/aromatic N) is 2. The minimum absolute atomic E-state index is 0.120. The van der Waals surface area contributed by atoms with Gasteiger partial charge in [-0.2, -0.15) is 0 Å². The lowest BCUT2D eigenvalue weighted by Gasteiger charge is -2.62. The Bertz CT molecular complexity index is 1010. The summed E-state index contributed by atoms with van der Waals surface area (Å²) in [5, 5.41) is 5.53. The zero-order valence-corrected chi connectivity index (χ0v) is 21.1. The van der Waals surface area contributed by atoms with Gasteiger partial charge in [-0.05, 0) is 61.0 Å². The van der Waals surface area contributed by atoms with Gasteiger partial charge in [0.25, 0.3) is 0 Å². The van der Waals surface area contributed by atoms with Gasteiger partial charge in [0, 0.05) is 30.1 Å². The van der Waals surface area contributed by atoms with Crippen LogP contribution < -0.4 is 0 Å². The van der Waals surface area contributed by atoms with Crippen LogP contribution in [0, 0.1) is 16.7 Å². The van der Waals surface area contributed by atoms with Crippen molar-refractivity contribution in [2.45, 2.75) is 71.5 Å². The largest absolute Gasteiger partial charge is 0.373 e. The molecule has 1 saturated heterocycles. The first-order valence-corrected chi connectivity index (χ1v) is 12.7. The van der Waals surface area contributed by atoms with Crippen LogP contribution in [0.3, 0.4) is 0 Å². The fourth-order valence-corrected chi connectivity index (χ4v) is 6.92. The van der Waals surface area contributed by atoms with Gasteiger partial charge in [-0.1, -0.05) is 55.2 Å². The number of piperidine rings is 1. The van der Waals surface area contributed by atoms with Gasteiger partial charge in [-0.15, -0.1) is 0 Å². The first-order chi connectivity index (χ1) is 15.7. The van der Waals surface area contributed by atoms with Gasteiger partial charge in [-0.25, -0.2) is 0 Å². The Kier molecular flexibility index (Phi) is 6.03. The average molecular weight is 491 g/mol. The second-order valence-corrected chi connectivity index (χ2v) is 12.0. The Balaban J connectivity index is 1.38. The molecular weight excluding hydrogens is 459 g/mol. The van der Waals surface area contributed by atoms with Crippen molar-refractivity contribution in [2.24, 2.45) is 16.7 Å². The molecule has 3 fully saturated rings. The summed E-state index contributed by atoms with van der Waals surface area (Å²) < 4.78 is 12.4. The highest BCUT2D eigenvalue weighted by Gasteiger charge is 2.59. The van der Waals surface area contributed by atoms with Crippen molar-refractivity contribution in [3.05, 3.63) is 39.6 Å². The number of hydrogen-bond acceptors (Lipinski definition) is 4. The highest BCUT2D eigenvalue weighted by atomic mass is 35.5. The maximum absolute atomic E-state index is 11.2. The molecule has 2 atom stereocenters. The second-order valence-electron chi connectivity index (χ2n) is 11.1. The standard InChI is InChI=1S/C26H32Cl2N2O3/c1-25(2,3)24-20(13-26(24)9-11-30(15-31)12-10-26)32-14-17-22(29-33-23(17)16-7-8-16)21-18(27)5-4-6-19(21)28/h4-6,15-16,20,24H,7-14H2,1-3H3. The van der Waals surface area contributed by atoms with E-state index in [9.17, 15) is 4.79 Å². The Labute approximate surface area is 205 Å². The number of rotatable bonds is 6. The minimum Gasteiger partial charge on any atom is -0.373 e. The summed E-state index contributed by atoms with van der Waals surface area (Å²) in [6.45, 7) is 9.06. The van der Waals surface area contributed by atoms with Gasteiger partial charge >= 0.3 is 0 Å². The molecule has 2 heterocycles. The van der Waals surface area contributed by atoms with Crippen LogP contribution in [-0.2, 0) is 16.1 Å². The minimum atomic E-state index is 0.120. The van der Waals surface area contributed by atoms with Crippen LogP contribution in [0.1, 0.15) is 70.1 Å². The van der Waals surface area contributed by atoms with Gasteiger partial charge in [0.1, 0.15) is 11.5 Å². The van der Waals surface area contributed by atoms with Crippen molar-refractivity contribution < 1.29 is 14.1 Å². The first-order valence-electron chi connectivity index (χ1n) is 12.0. The van der Waals surface area contributed by atoms with Crippen molar-refractivity contribution in [1.29, 1.82) is 0 Å². The first kappa shape index (κ1) is 23.2. The number of ether oxygens (including phenoxy) is 1. The summed E-state index contributed by atoms with van der Waals surface area (Å²) in [4.78, 5) is 13.1. The Morgan fingerprint density at radius 3 is 2.45 bits per heavy atom. The average Bonchev–Trinajstić information content (AvgIpc) is 3.51. The van der Waals surface area contributed by atoms with Gasteiger partial charge < -0.3 is 14.2 Å². The fourth-order valence-electron chi connectivity index (χ4n) is 6.34. The highest BCUT2D eigenvalue weighted by molar-refractivity contribution is 6.39. The number of carbonyl (C=O) groups is 1. The molecule has 5 nitrogen and oxygen atoms in total. The summed E-state index contributed by atoms with van der Waals surface area (Å²) in [6, 6.07) is 5.50. The third kappa shape index (κ3) is 4.21. The quantitative estimate of drug-likeness (QED) is 0.421. The molecule has 2 saturated carbocycles. The predicted molar refractivity (Wildman–Crippen MR) is 129 cm³/mol. The van der Waals surface area contributed by atoms with Gasteiger partial charge in [-0.3, -0.25) is 4.79 Å². The molecule has 0 bridgehead atoms. The molecule has 0 radical (unpaired) electrons. The lowest BCUT2D eigenvalue weighted by atomic mass is 9.47. The zero-order valence-electron chi connectivity index (χ0n) is 19.6. The highest BCUT2D eigenvalue weighted by Crippen LogP contribution is 2.61. The maximum Gasteiger partial charge on any atom is 0.209 e. The number of amides is 1. The molecule has 178 valence electrons. The lowest BCUT2D eigenvalue weighted by molar-refractivity contribution is -0.203. The van der Waals surface area contributed by atoms with Gasteiger partial charge in [0.05, 0.1) is 22.8 Å². The normalized spacial score (nSPS) is 24.7. The number of hydrogen-bond donors (Lipinski definition) is 0. The van der Waals surface area contributed by atoms with Crippen molar-refractivity contribution in [1.82, 2.24) is 10.1 Å². The third-order valence-electron chi connectivity index (χ3n) is 7.92. The van der Waals surface area contributed by atoms with E-state index in [0.29, 0.717) is 39.7 Å². The Morgan fingerprint density at radius 1 is 1.21 bits per heavy atom. The van der Waals surface area contributed by atoms with E-state index in [4.69, 9.17) is 32.5 Å². The van der Waals surface area contributed by atoms with Crippen molar-refractivity contribution >= 4 is 29.6 Å². The molecule has 2 aromatic rings. The zero-order chi connectivity index (χ0) is 23.4. The summed E-state index contributed by atoms with van der Waals surface area (Å²) >= 11 is 13.0. The summed E-state index contributed by atoms with van der Waals surface area (Å²) in [7, 11) is 0. The molecule has 2 aliphatic carbocycles. The van der Waals surface area contributed by atoms with E-state index in [2.05, 4.69) is 25.9 Å². The number of carbonyl (C=O) groups excluding carboxylic acids is 1. The molecule has 7 heteroatoms. The van der Waals surface area contributed by atoms with Gasteiger partial charge in [0.2, 0.25) is 6.41 Å². The van der Waals surface area contributed by atoms with E-state index in [1.54, 1.807) is 0 Å². The molecule has 33 heavy (non-hydrogen) atoms. The molecule has 1 aromatic carbocycles. The topological polar surface area (TPSA) is 55.6 Å². The molecular formula is C26H32Cl2N2O3. The van der Waals surface area contributed by atoms with Crippen molar-refractivity contribution in [3.63, 3.8) is 0 Å². The van der Waals surface area contributed by atoms with Crippen LogP contribution in [-0.4, -0.2) is 35.7 Å². The second kappa shape index (κ2) is 8.58. The molecule has 1 aliphatic heterocycles. The smallest absolute Gasteiger partial charge is 0.209 e.